The van der Waals surface area contributed by atoms with Crippen LogP contribution < -0.4 is 9.62 Å². The lowest BCUT2D eigenvalue weighted by molar-refractivity contribution is -0.140. The summed E-state index contributed by atoms with van der Waals surface area (Å²) in [6.45, 7) is 6.01. The number of carbonyl (C=O) groups excluding carboxylic acids is 2. The van der Waals surface area contributed by atoms with E-state index < -0.39 is 28.5 Å². The molecule has 3 aromatic rings. The van der Waals surface area contributed by atoms with E-state index in [0.717, 1.165) is 28.3 Å². The number of aryl methyl sites for hydroxylation is 1. The molecular formula is C30H36BrN3O4S. The Kier molecular flexibility index (Phi) is 11.1. The van der Waals surface area contributed by atoms with Crippen molar-refractivity contribution in [2.24, 2.45) is 0 Å². The number of carbonyl (C=O) groups is 2. The van der Waals surface area contributed by atoms with Gasteiger partial charge in [0, 0.05) is 17.6 Å². The van der Waals surface area contributed by atoms with E-state index in [2.05, 4.69) is 21.2 Å². The van der Waals surface area contributed by atoms with Gasteiger partial charge in [0.05, 0.1) is 10.6 Å². The first-order valence-electron chi connectivity index (χ1n) is 13.1. The number of anilines is 1. The summed E-state index contributed by atoms with van der Waals surface area (Å²) < 4.78 is 29.6. The summed E-state index contributed by atoms with van der Waals surface area (Å²) >= 11 is 3.42. The van der Waals surface area contributed by atoms with Gasteiger partial charge in [-0.15, -0.1) is 0 Å². The summed E-state index contributed by atoms with van der Waals surface area (Å²) in [5.41, 5.74) is 2.12. The molecule has 0 aromatic heterocycles. The maximum atomic E-state index is 14.0. The minimum Gasteiger partial charge on any atom is -0.354 e. The molecule has 0 saturated heterocycles. The van der Waals surface area contributed by atoms with E-state index in [0.29, 0.717) is 23.1 Å². The molecule has 39 heavy (non-hydrogen) atoms. The number of unbranched alkanes of at least 4 members (excludes halogenated alkanes) is 1. The lowest BCUT2D eigenvalue weighted by Gasteiger charge is -2.33. The number of nitrogens with zero attached hydrogens (tertiary/aromatic N) is 2. The molecule has 0 unspecified atom stereocenters. The molecule has 1 N–H and O–H groups in total. The highest BCUT2D eigenvalue weighted by Gasteiger charge is 2.33. The van der Waals surface area contributed by atoms with Gasteiger partial charge in [-0.1, -0.05) is 90.3 Å². The highest BCUT2D eigenvalue weighted by atomic mass is 79.9. The van der Waals surface area contributed by atoms with Gasteiger partial charge in [-0.25, -0.2) is 8.42 Å². The van der Waals surface area contributed by atoms with Gasteiger partial charge in [0.1, 0.15) is 12.6 Å². The number of sulfonamides is 1. The fraction of sp³-hybridized carbons (Fsp3) is 0.333. The zero-order valence-electron chi connectivity index (χ0n) is 22.6. The van der Waals surface area contributed by atoms with E-state index in [9.17, 15) is 18.0 Å². The van der Waals surface area contributed by atoms with E-state index in [-0.39, 0.29) is 17.3 Å². The summed E-state index contributed by atoms with van der Waals surface area (Å²) in [5.74, 6) is -0.711. The van der Waals surface area contributed by atoms with Gasteiger partial charge in [0.15, 0.2) is 0 Å². The minimum absolute atomic E-state index is 0.0832. The first-order chi connectivity index (χ1) is 18.7. The second kappa shape index (κ2) is 14.3. The van der Waals surface area contributed by atoms with Crippen LogP contribution in [-0.2, 0) is 26.2 Å². The monoisotopic (exact) mass is 613 g/mol. The lowest BCUT2D eigenvalue weighted by Crippen LogP contribution is -2.52. The Labute approximate surface area is 240 Å². The number of rotatable bonds is 13. The molecule has 208 valence electrons. The third-order valence-electron chi connectivity index (χ3n) is 6.40. The highest BCUT2D eigenvalue weighted by Crippen LogP contribution is 2.27. The van der Waals surface area contributed by atoms with Crippen molar-refractivity contribution in [2.45, 2.75) is 57.5 Å². The molecule has 7 nitrogen and oxygen atoms in total. The van der Waals surface area contributed by atoms with Crippen LogP contribution in [0.25, 0.3) is 0 Å². The quantitative estimate of drug-likeness (QED) is 0.251. The molecule has 9 heteroatoms. The van der Waals surface area contributed by atoms with E-state index in [1.165, 1.54) is 17.0 Å². The number of amides is 2. The van der Waals surface area contributed by atoms with Gasteiger partial charge in [0.25, 0.3) is 10.0 Å². The van der Waals surface area contributed by atoms with Gasteiger partial charge < -0.3 is 10.2 Å². The maximum Gasteiger partial charge on any atom is 0.264 e. The van der Waals surface area contributed by atoms with E-state index in [4.69, 9.17) is 0 Å². The van der Waals surface area contributed by atoms with Crippen LogP contribution in [0.3, 0.4) is 0 Å². The SMILES string of the molecule is CCCCNC(=O)[C@@H](CC)N(Cc1ccccc1)C(=O)CN(c1cccc(Br)c1)S(=O)(=O)c1ccc(C)cc1. The van der Waals surface area contributed by atoms with Gasteiger partial charge in [-0.05, 0) is 55.7 Å². The highest BCUT2D eigenvalue weighted by molar-refractivity contribution is 9.10. The Bertz CT molecular complexity index is 1350. The van der Waals surface area contributed by atoms with Crippen molar-refractivity contribution < 1.29 is 18.0 Å². The minimum atomic E-state index is -4.09. The van der Waals surface area contributed by atoms with Crippen LogP contribution in [0, 0.1) is 6.92 Å². The molecule has 0 radical (unpaired) electrons. The lowest BCUT2D eigenvalue weighted by atomic mass is 10.1. The summed E-state index contributed by atoms with van der Waals surface area (Å²) in [5, 5.41) is 2.94. The Hall–Kier alpha value is -3.17. The van der Waals surface area contributed by atoms with Gasteiger partial charge in [-0.3, -0.25) is 13.9 Å². The van der Waals surface area contributed by atoms with Crippen LogP contribution in [-0.4, -0.2) is 44.3 Å². The molecule has 0 spiro atoms. The van der Waals surface area contributed by atoms with Crippen LogP contribution in [0.15, 0.2) is 88.2 Å². The molecule has 0 heterocycles. The molecule has 3 rings (SSSR count). The average molecular weight is 615 g/mol. The Morgan fingerprint density at radius 2 is 1.64 bits per heavy atom. The standard InChI is InChI=1S/C30H36BrN3O4S/c1-4-6-19-32-30(36)28(5-2)33(21-24-11-8-7-9-12-24)29(35)22-34(26-14-10-13-25(31)20-26)39(37,38)27-17-15-23(3)16-18-27/h7-18,20,28H,4-6,19,21-22H2,1-3H3,(H,32,36)/t28-/m1/s1. The smallest absolute Gasteiger partial charge is 0.264 e. The molecule has 0 aliphatic rings. The third kappa shape index (κ3) is 8.16. The molecule has 1 atom stereocenters. The van der Waals surface area contributed by atoms with Crippen molar-refractivity contribution in [3.05, 3.63) is 94.5 Å². The van der Waals surface area contributed by atoms with Crippen molar-refractivity contribution in [3.63, 3.8) is 0 Å². The van der Waals surface area contributed by atoms with E-state index in [1.807, 2.05) is 51.1 Å². The van der Waals surface area contributed by atoms with E-state index >= 15 is 0 Å². The number of benzene rings is 3. The summed E-state index contributed by atoms with van der Waals surface area (Å²) in [6, 6.07) is 22.0. The molecule has 0 saturated carbocycles. The molecule has 0 fully saturated rings. The van der Waals surface area contributed by atoms with Crippen molar-refractivity contribution in [1.82, 2.24) is 10.2 Å². The van der Waals surface area contributed by atoms with Gasteiger partial charge in [-0.2, -0.15) is 0 Å². The number of halogens is 1. The first-order valence-corrected chi connectivity index (χ1v) is 15.4. The molecule has 0 aliphatic heterocycles. The van der Waals surface area contributed by atoms with Crippen molar-refractivity contribution in [1.29, 1.82) is 0 Å². The predicted molar refractivity (Wildman–Crippen MR) is 159 cm³/mol. The molecule has 0 aliphatic carbocycles. The van der Waals surface area contributed by atoms with E-state index in [1.54, 1.807) is 36.4 Å². The van der Waals surface area contributed by atoms with Crippen LogP contribution in [0.5, 0.6) is 0 Å². The van der Waals surface area contributed by atoms with Crippen molar-refractivity contribution >= 4 is 43.5 Å². The molecule has 3 aromatic carbocycles. The largest absolute Gasteiger partial charge is 0.354 e. The summed E-state index contributed by atoms with van der Waals surface area (Å²) in [7, 11) is -4.09. The normalized spacial score (nSPS) is 12.0. The van der Waals surface area contributed by atoms with Crippen molar-refractivity contribution in [3.8, 4) is 0 Å². The Balaban J connectivity index is 2.02. The topological polar surface area (TPSA) is 86.8 Å². The molecule has 2 amide bonds. The second-order valence-corrected chi connectivity index (χ2v) is 12.2. The number of nitrogens with one attached hydrogen (secondary N) is 1. The molecular weight excluding hydrogens is 578 g/mol. The van der Waals surface area contributed by atoms with Crippen LogP contribution in [0.1, 0.15) is 44.2 Å². The number of hydrogen-bond donors (Lipinski definition) is 1. The first kappa shape index (κ1) is 30.4. The maximum absolute atomic E-state index is 14.0. The predicted octanol–water partition coefficient (Wildman–Crippen LogP) is 5.68. The van der Waals surface area contributed by atoms with Crippen LogP contribution >= 0.6 is 15.9 Å². The second-order valence-electron chi connectivity index (χ2n) is 9.38. The zero-order valence-corrected chi connectivity index (χ0v) is 25.0. The molecule has 0 bridgehead atoms. The average Bonchev–Trinajstić information content (AvgIpc) is 2.92. The zero-order chi connectivity index (χ0) is 28.4. The van der Waals surface area contributed by atoms with Crippen LogP contribution in [0.4, 0.5) is 5.69 Å². The summed E-state index contributed by atoms with van der Waals surface area (Å²) in [4.78, 5) is 28.8. The third-order valence-corrected chi connectivity index (χ3v) is 8.68. The fourth-order valence-electron chi connectivity index (χ4n) is 4.20. The number of hydrogen-bond acceptors (Lipinski definition) is 4. The Morgan fingerprint density at radius 3 is 2.26 bits per heavy atom. The fourth-order valence-corrected chi connectivity index (χ4v) is 6.00. The Morgan fingerprint density at radius 1 is 0.949 bits per heavy atom. The van der Waals surface area contributed by atoms with Gasteiger partial charge in [0.2, 0.25) is 11.8 Å². The summed E-state index contributed by atoms with van der Waals surface area (Å²) in [6.07, 6.45) is 2.15. The van der Waals surface area contributed by atoms with Crippen LogP contribution in [0.2, 0.25) is 0 Å². The van der Waals surface area contributed by atoms with Crippen molar-refractivity contribution in [2.75, 3.05) is 17.4 Å². The van der Waals surface area contributed by atoms with Gasteiger partial charge >= 0.3 is 0 Å².